The fraction of sp³-hybridized carbons (Fsp3) is 0.273. The number of carbonyl (C=O) groups excluding carboxylic acids is 1. The number of amides is 1. The van der Waals surface area contributed by atoms with Crippen molar-refractivity contribution >= 4 is 32.6 Å². The van der Waals surface area contributed by atoms with Crippen LogP contribution < -0.4 is 4.74 Å². The van der Waals surface area contributed by atoms with E-state index in [0.29, 0.717) is 18.7 Å². The third-order valence-corrected chi connectivity index (χ3v) is 5.62. The summed E-state index contributed by atoms with van der Waals surface area (Å²) in [7, 11) is 0. The normalized spacial score (nSPS) is 16.1. The third-order valence-electron chi connectivity index (χ3n) is 5.09. The van der Waals surface area contributed by atoms with Crippen molar-refractivity contribution in [2.45, 2.75) is 25.0 Å². The summed E-state index contributed by atoms with van der Waals surface area (Å²) in [5, 5.41) is 12.6. The maximum atomic E-state index is 12.6. The standard InChI is InChI=1S/C22H21BrN2O3/c23-18-4-1-15(2-5-18)21(26)22(27)25-11-8-19(9-12-25)28-20-6-3-17-14-24-10-7-16(17)13-20/h1-7,10,13-14,19,21,26H,8-9,11-12H2. The average Bonchev–Trinajstić information content (AvgIpc) is 2.74. The number of likely N-dealkylation sites (tertiary alicyclic amines) is 1. The maximum Gasteiger partial charge on any atom is 0.256 e. The number of pyridine rings is 1. The molecular weight excluding hydrogens is 420 g/mol. The van der Waals surface area contributed by atoms with Gasteiger partial charge in [-0.1, -0.05) is 28.1 Å². The number of ether oxygens (including phenoxy) is 1. The minimum absolute atomic E-state index is 0.0631. The van der Waals surface area contributed by atoms with Gasteiger partial charge in [0.15, 0.2) is 6.10 Å². The predicted octanol–water partition coefficient (Wildman–Crippen LogP) is 4.10. The molecule has 0 radical (unpaired) electrons. The number of aromatic nitrogens is 1. The van der Waals surface area contributed by atoms with Gasteiger partial charge in [0.25, 0.3) is 5.91 Å². The number of benzene rings is 2. The van der Waals surface area contributed by atoms with Crippen molar-refractivity contribution in [3.8, 4) is 5.75 Å². The van der Waals surface area contributed by atoms with Gasteiger partial charge in [-0.2, -0.15) is 0 Å². The number of rotatable bonds is 4. The lowest BCUT2D eigenvalue weighted by atomic mass is 10.0. The SMILES string of the molecule is O=C(C(O)c1ccc(Br)cc1)N1CCC(Oc2ccc3cnccc3c2)CC1. The Hall–Kier alpha value is -2.44. The van der Waals surface area contributed by atoms with Crippen molar-refractivity contribution in [3.05, 3.63) is 71.0 Å². The maximum absolute atomic E-state index is 12.6. The lowest BCUT2D eigenvalue weighted by molar-refractivity contribution is -0.142. The van der Waals surface area contributed by atoms with Crippen LogP contribution in [-0.2, 0) is 4.79 Å². The van der Waals surface area contributed by atoms with Crippen molar-refractivity contribution in [2.75, 3.05) is 13.1 Å². The molecular formula is C22H21BrN2O3. The largest absolute Gasteiger partial charge is 0.490 e. The number of halogens is 1. The minimum atomic E-state index is -1.13. The van der Waals surface area contributed by atoms with E-state index in [9.17, 15) is 9.90 Å². The minimum Gasteiger partial charge on any atom is -0.490 e. The van der Waals surface area contributed by atoms with Crippen LogP contribution in [0.3, 0.4) is 0 Å². The van der Waals surface area contributed by atoms with Gasteiger partial charge in [0.2, 0.25) is 0 Å². The molecule has 1 unspecified atom stereocenters. The molecule has 1 saturated heterocycles. The molecule has 3 aromatic rings. The number of hydrogen-bond acceptors (Lipinski definition) is 4. The van der Waals surface area contributed by atoms with E-state index in [2.05, 4.69) is 20.9 Å². The Morgan fingerprint density at radius 2 is 1.86 bits per heavy atom. The fourth-order valence-corrected chi connectivity index (χ4v) is 3.75. The Kier molecular flexibility index (Phi) is 5.59. The van der Waals surface area contributed by atoms with Gasteiger partial charge < -0.3 is 14.7 Å². The van der Waals surface area contributed by atoms with Crippen LogP contribution in [0.2, 0.25) is 0 Å². The zero-order valence-corrected chi connectivity index (χ0v) is 16.9. The Morgan fingerprint density at radius 3 is 2.61 bits per heavy atom. The smallest absolute Gasteiger partial charge is 0.256 e. The van der Waals surface area contributed by atoms with Gasteiger partial charge in [0.05, 0.1) is 0 Å². The van der Waals surface area contributed by atoms with Crippen molar-refractivity contribution < 1.29 is 14.6 Å². The molecule has 6 heteroatoms. The van der Waals surface area contributed by atoms with E-state index < -0.39 is 6.10 Å². The van der Waals surface area contributed by atoms with Crippen LogP contribution in [0.1, 0.15) is 24.5 Å². The van der Waals surface area contributed by atoms with E-state index in [4.69, 9.17) is 4.74 Å². The van der Waals surface area contributed by atoms with Gasteiger partial charge in [0, 0.05) is 48.2 Å². The van der Waals surface area contributed by atoms with E-state index in [1.165, 1.54) is 0 Å². The lowest BCUT2D eigenvalue weighted by Crippen LogP contribution is -2.43. The average molecular weight is 441 g/mol. The van der Waals surface area contributed by atoms with Gasteiger partial charge in [0.1, 0.15) is 11.9 Å². The van der Waals surface area contributed by atoms with Crippen LogP contribution >= 0.6 is 15.9 Å². The summed E-state index contributed by atoms with van der Waals surface area (Å²) in [5.74, 6) is 0.581. The van der Waals surface area contributed by atoms with Gasteiger partial charge in [-0.15, -0.1) is 0 Å². The van der Waals surface area contributed by atoms with Crippen molar-refractivity contribution in [1.82, 2.24) is 9.88 Å². The summed E-state index contributed by atoms with van der Waals surface area (Å²) in [6.07, 6.45) is 4.03. The molecule has 1 aromatic heterocycles. The van der Waals surface area contributed by atoms with E-state index >= 15 is 0 Å². The summed E-state index contributed by atoms with van der Waals surface area (Å²) in [6.45, 7) is 1.16. The van der Waals surface area contributed by atoms with Crippen molar-refractivity contribution in [2.24, 2.45) is 0 Å². The molecule has 144 valence electrons. The quantitative estimate of drug-likeness (QED) is 0.663. The fourth-order valence-electron chi connectivity index (χ4n) is 3.48. The first-order chi connectivity index (χ1) is 13.6. The zero-order chi connectivity index (χ0) is 19.5. The van der Waals surface area contributed by atoms with Crippen LogP contribution in [0, 0.1) is 0 Å². The first-order valence-corrected chi connectivity index (χ1v) is 10.1. The highest BCUT2D eigenvalue weighted by atomic mass is 79.9. The van der Waals surface area contributed by atoms with Crippen LogP contribution in [-0.4, -0.2) is 40.1 Å². The predicted molar refractivity (Wildman–Crippen MR) is 111 cm³/mol. The Morgan fingerprint density at radius 1 is 1.11 bits per heavy atom. The number of piperidine rings is 1. The number of carbonyl (C=O) groups is 1. The molecule has 0 spiro atoms. The highest BCUT2D eigenvalue weighted by molar-refractivity contribution is 9.10. The van der Waals surface area contributed by atoms with Gasteiger partial charge in [-0.05, 0) is 47.3 Å². The molecule has 1 N–H and O–H groups in total. The molecule has 5 nitrogen and oxygen atoms in total. The molecule has 4 rings (SSSR count). The molecule has 0 bridgehead atoms. The monoisotopic (exact) mass is 440 g/mol. The van der Waals surface area contributed by atoms with E-state index in [1.54, 1.807) is 23.2 Å². The third kappa shape index (κ3) is 4.18. The molecule has 2 heterocycles. The molecule has 28 heavy (non-hydrogen) atoms. The first kappa shape index (κ1) is 18.9. The molecule has 1 aliphatic heterocycles. The van der Waals surface area contributed by atoms with Gasteiger partial charge in [-0.3, -0.25) is 9.78 Å². The first-order valence-electron chi connectivity index (χ1n) is 9.33. The second kappa shape index (κ2) is 8.29. The number of nitrogens with zero attached hydrogens (tertiary/aromatic N) is 2. The second-order valence-electron chi connectivity index (χ2n) is 6.98. The number of hydrogen-bond donors (Lipinski definition) is 1. The Bertz CT molecular complexity index is 969. The number of aliphatic hydroxyl groups excluding tert-OH is 1. The summed E-state index contributed by atoms with van der Waals surface area (Å²) in [6, 6.07) is 15.1. The summed E-state index contributed by atoms with van der Waals surface area (Å²) >= 11 is 3.36. The highest BCUT2D eigenvalue weighted by Crippen LogP contribution is 2.25. The van der Waals surface area contributed by atoms with Gasteiger partial charge >= 0.3 is 0 Å². The summed E-state index contributed by atoms with van der Waals surface area (Å²) < 4.78 is 7.04. The van der Waals surface area contributed by atoms with Crippen LogP contribution in [0.15, 0.2) is 65.4 Å². The summed E-state index contributed by atoms with van der Waals surface area (Å²) in [5.41, 5.74) is 0.609. The van der Waals surface area contributed by atoms with E-state index in [0.717, 1.165) is 33.8 Å². The second-order valence-corrected chi connectivity index (χ2v) is 7.90. The molecule has 0 aliphatic carbocycles. The Balaban J connectivity index is 1.34. The van der Waals surface area contributed by atoms with Gasteiger partial charge in [-0.25, -0.2) is 0 Å². The van der Waals surface area contributed by atoms with Crippen molar-refractivity contribution in [3.63, 3.8) is 0 Å². The van der Waals surface area contributed by atoms with Crippen LogP contribution in [0.4, 0.5) is 0 Å². The molecule has 1 fully saturated rings. The molecule has 1 aliphatic rings. The molecule has 1 amide bonds. The topological polar surface area (TPSA) is 62.7 Å². The van der Waals surface area contributed by atoms with Crippen molar-refractivity contribution in [1.29, 1.82) is 0 Å². The van der Waals surface area contributed by atoms with E-state index in [1.807, 2.05) is 42.6 Å². The molecule has 2 aromatic carbocycles. The number of aliphatic hydroxyl groups is 1. The highest BCUT2D eigenvalue weighted by Gasteiger charge is 2.28. The number of fused-ring (bicyclic) bond motifs is 1. The van der Waals surface area contributed by atoms with Crippen LogP contribution in [0.5, 0.6) is 5.75 Å². The Labute approximate surface area is 172 Å². The lowest BCUT2D eigenvalue weighted by Gasteiger charge is -2.33. The van der Waals surface area contributed by atoms with E-state index in [-0.39, 0.29) is 12.0 Å². The zero-order valence-electron chi connectivity index (χ0n) is 15.3. The van der Waals surface area contributed by atoms with Crippen LogP contribution in [0.25, 0.3) is 10.8 Å². The molecule has 1 atom stereocenters. The summed E-state index contributed by atoms with van der Waals surface area (Å²) in [4.78, 5) is 18.5. The molecule has 0 saturated carbocycles.